The summed E-state index contributed by atoms with van der Waals surface area (Å²) in [7, 11) is 0. The molecule has 0 aliphatic heterocycles. The average molecular weight is 440 g/mol. The minimum absolute atomic E-state index is 0.316. The Morgan fingerprint density at radius 3 is 2.58 bits per heavy atom. The van der Waals surface area contributed by atoms with Crippen molar-refractivity contribution in [2.45, 2.75) is 25.3 Å². The molecule has 2 aromatic carbocycles. The number of benzene rings is 2. The van der Waals surface area contributed by atoms with Gasteiger partial charge in [0.15, 0.2) is 0 Å². The van der Waals surface area contributed by atoms with Crippen LogP contribution in [0.15, 0.2) is 54.7 Å². The zero-order chi connectivity index (χ0) is 22.0. The van der Waals surface area contributed by atoms with Crippen molar-refractivity contribution in [3.8, 4) is 0 Å². The molecule has 3 aromatic rings. The van der Waals surface area contributed by atoms with Crippen LogP contribution in [-0.4, -0.2) is 28.6 Å². The Kier molecular flexibility index (Phi) is 5.81. The number of halogens is 1. The summed E-state index contributed by atoms with van der Waals surface area (Å²) in [5.74, 6) is 0.0936. The first-order chi connectivity index (χ1) is 14.9. The van der Waals surface area contributed by atoms with Gasteiger partial charge in [-0.2, -0.15) is 0 Å². The summed E-state index contributed by atoms with van der Waals surface area (Å²) in [6, 6.07) is 12.0. The van der Waals surface area contributed by atoms with E-state index in [1.807, 2.05) is 0 Å². The number of hydrogen-bond acceptors (Lipinski definition) is 3. The Labute approximate surface area is 183 Å². The Hall–Kier alpha value is -3.52. The van der Waals surface area contributed by atoms with E-state index in [4.69, 9.17) is 17.3 Å². The third-order valence-electron chi connectivity index (χ3n) is 5.18. The molecule has 160 valence electrons. The van der Waals surface area contributed by atoms with Gasteiger partial charge in [-0.1, -0.05) is 48.7 Å². The molecule has 8 nitrogen and oxygen atoms in total. The lowest BCUT2D eigenvalue weighted by atomic mass is 10.1. The van der Waals surface area contributed by atoms with Crippen molar-refractivity contribution in [2.24, 2.45) is 11.7 Å². The summed E-state index contributed by atoms with van der Waals surface area (Å²) >= 11 is 5.98. The molecule has 1 aliphatic rings. The van der Waals surface area contributed by atoms with E-state index >= 15 is 0 Å². The molecular formula is C22H22ClN5O3. The SMILES string of the molecule is NC(=O)n1cc(NC(=O)N[C@@H](CC2CC2)C(=O)Nc2cccc(Cl)c2)c2ccccc21. The molecule has 9 heteroatoms. The molecule has 0 radical (unpaired) electrons. The third kappa shape index (κ3) is 4.97. The first-order valence-corrected chi connectivity index (χ1v) is 10.3. The van der Waals surface area contributed by atoms with E-state index in [0.717, 1.165) is 12.8 Å². The predicted molar refractivity (Wildman–Crippen MR) is 120 cm³/mol. The number of primary amides is 1. The normalized spacial score (nSPS) is 14.1. The molecule has 1 saturated carbocycles. The minimum atomic E-state index is -0.712. The second-order valence-corrected chi connectivity index (χ2v) is 8.03. The van der Waals surface area contributed by atoms with E-state index < -0.39 is 18.1 Å². The van der Waals surface area contributed by atoms with Gasteiger partial charge in [0.1, 0.15) is 6.04 Å². The fraction of sp³-hybridized carbons (Fsp3) is 0.227. The fourth-order valence-corrected chi connectivity index (χ4v) is 3.68. The average Bonchev–Trinajstić information content (AvgIpc) is 3.47. The van der Waals surface area contributed by atoms with E-state index in [-0.39, 0.29) is 5.91 Å². The highest BCUT2D eigenvalue weighted by molar-refractivity contribution is 6.30. The molecule has 0 saturated heterocycles. The summed E-state index contributed by atoms with van der Waals surface area (Å²) in [4.78, 5) is 37.2. The molecule has 1 heterocycles. The van der Waals surface area contributed by atoms with E-state index in [2.05, 4.69) is 16.0 Å². The number of carbonyl (C=O) groups is 3. The van der Waals surface area contributed by atoms with Crippen molar-refractivity contribution in [2.75, 3.05) is 10.6 Å². The van der Waals surface area contributed by atoms with Crippen molar-refractivity contribution in [3.05, 3.63) is 59.8 Å². The van der Waals surface area contributed by atoms with Gasteiger partial charge in [0, 0.05) is 22.3 Å². The second kappa shape index (κ2) is 8.69. The molecule has 5 N–H and O–H groups in total. The van der Waals surface area contributed by atoms with Crippen LogP contribution >= 0.6 is 11.6 Å². The fourth-order valence-electron chi connectivity index (χ4n) is 3.49. The summed E-state index contributed by atoms with van der Waals surface area (Å²) in [5.41, 5.74) is 6.99. The maximum absolute atomic E-state index is 12.8. The van der Waals surface area contributed by atoms with Crippen molar-refractivity contribution in [3.63, 3.8) is 0 Å². The van der Waals surface area contributed by atoms with Gasteiger partial charge in [0.25, 0.3) is 0 Å². The first-order valence-electron chi connectivity index (χ1n) is 9.94. The number of nitrogens with two attached hydrogens (primary N) is 1. The van der Waals surface area contributed by atoms with Gasteiger partial charge >= 0.3 is 12.1 Å². The summed E-state index contributed by atoms with van der Waals surface area (Å²) < 4.78 is 1.26. The van der Waals surface area contributed by atoms with Crippen molar-refractivity contribution >= 4 is 51.8 Å². The van der Waals surface area contributed by atoms with Crippen LogP contribution in [0, 0.1) is 5.92 Å². The number of anilines is 2. The number of urea groups is 1. The number of rotatable bonds is 6. The van der Waals surface area contributed by atoms with Gasteiger partial charge in [-0.3, -0.25) is 9.36 Å². The van der Waals surface area contributed by atoms with E-state index in [0.29, 0.717) is 39.6 Å². The zero-order valence-corrected chi connectivity index (χ0v) is 17.4. The van der Waals surface area contributed by atoms with E-state index in [9.17, 15) is 14.4 Å². The molecule has 0 unspecified atom stereocenters. The third-order valence-corrected chi connectivity index (χ3v) is 5.41. The van der Waals surface area contributed by atoms with E-state index in [1.54, 1.807) is 48.5 Å². The molecular weight excluding hydrogens is 418 g/mol. The van der Waals surface area contributed by atoms with Crippen molar-refractivity contribution in [1.29, 1.82) is 0 Å². The van der Waals surface area contributed by atoms with Gasteiger partial charge in [0.05, 0.1) is 11.2 Å². The summed E-state index contributed by atoms with van der Waals surface area (Å²) in [6.07, 6.45) is 4.09. The smallest absolute Gasteiger partial charge is 0.323 e. The van der Waals surface area contributed by atoms with E-state index in [1.165, 1.54) is 10.8 Å². The Morgan fingerprint density at radius 1 is 1.10 bits per heavy atom. The van der Waals surface area contributed by atoms with Crippen LogP contribution in [0.2, 0.25) is 5.02 Å². The second-order valence-electron chi connectivity index (χ2n) is 7.60. The Balaban J connectivity index is 1.49. The van der Waals surface area contributed by atoms with Crippen LogP contribution in [0.25, 0.3) is 10.9 Å². The van der Waals surface area contributed by atoms with Crippen LogP contribution in [-0.2, 0) is 4.79 Å². The lowest BCUT2D eigenvalue weighted by Crippen LogP contribution is -2.45. The number of amides is 4. The lowest BCUT2D eigenvalue weighted by molar-refractivity contribution is -0.118. The van der Waals surface area contributed by atoms with Crippen LogP contribution in [0.5, 0.6) is 0 Å². The molecule has 31 heavy (non-hydrogen) atoms. The van der Waals surface area contributed by atoms with Crippen LogP contribution in [0.1, 0.15) is 19.3 Å². The number of hydrogen-bond donors (Lipinski definition) is 4. The highest BCUT2D eigenvalue weighted by Gasteiger charge is 2.30. The Bertz CT molecular complexity index is 1160. The van der Waals surface area contributed by atoms with Crippen LogP contribution < -0.4 is 21.7 Å². The summed E-state index contributed by atoms with van der Waals surface area (Å²) in [6.45, 7) is 0. The minimum Gasteiger partial charge on any atom is -0.351 e. The van der Waals surface area contributed by atoms with Gasteiger partial charge < -0.3 is 21.7 Å². The topological polar surface area (TPSA) is 118 Å². The lowest BCUT2D eigenvalue weighted by Gasteiger charge is -2.19. The zero-order valence-electron chi connectivity index (χ0n) is 16.6. The monoisotopic (exact) mass is 439 g/mol. The standard InChI is InChI=1S/C22H22ClN5O3/c23-14-4-3-5-15(11-14)25-20(29)17(10-13-8-9-13)26-22(31)27-18-12-28(21(24)30)19-7-2-1-6-16(18)19/h1-7,11-13,17H,8-10H2,(H2,24,30)(H,25,29)(H2,26,27,31)/t17-/m0/s1. The summed E-state index contributed by atoms with van der Waals surface area (Å²) in [5, 5.41) is 9.46. The molecule has 4 rings (SSSR count). The highest BCUT2D eigenvalue weighted by atomic mass is 35.5. The number of nitrogens with zero attached hydrogens (tertiary/aromatic N) is 1. The Morgan fingerprint density at radius 2 is 1.87 bits per heavy atom. The van der Waals surface area contributed by atoms with Gasteiger partial charge in [-0.15, -0.1) is 0 Å². The molecule has 1 atom stereocenters. The maximum Gasteiger partial charge on any atom is 0.323 e. The molecule has 1 aliphatic carbocycles. The number of aromatic nitrogens is 1. The maximum atomic E-state index is 12.8. The quantitative estimate of drug-likeness (QED) is 0.462. The van der Waals surface area contributed by atoms with Crippen molar-refractivity contribution < 1.29 is 14.4 Å². The van der Waals surface area contributed by atoms with Crippen LogP contribution in [0.4, 0.5) is 21.0 Å². The predicted octanol–water partition coefficient (Wildman–Crippen LogP) is 4.15. The molecule has 0 bridgehead atoms. The molecule has 4 amide bonds. The van der Waals surface area contributed by atoms with Crippen LogP contribution in [0.3, 0.4) is 0 Å². The molecule has 0 spiro atoms. The number of carbonyl (C=O) groups excluding carboxylic acids is 3. The van der Waals surface area contributed by atoms with Crippen molar-refractivity contribution in [1.82, 2.24) is 9.88 Å². The highest BCUT2D eigenvalue weighted by Crippen LogP contribution is 2.34. The van der Waals surface area contributed by atoms with Gasteiger partial charge in [0.2, 0.25) is 5.91 Å². The number of nitrogens with one attached hydrogen (secondary N) is 3. The van der Waals surface area contributed by atoms with Gasteiger partial charge in [-0.05, 0) is 36.6 Å². The number of para-hydroxylation sites is 1. The number of fused-ring (bicyclic) bond motifs is 1. The first kappa shape index (κ1) is 20.7. The largest absolute Gasteiger partial charge is 0.351 e. The molecule has 1 fully saturated rings. The van der Waals surface area contributed by atoms with Gasteiger partial charge in [-0.25, -0.2) is 9.59 Å². The molecule has 1 aromatic heterocycles.